The van der Waals surface area contributed by atoms with Gasteiger partial charge in [0, 0.05) is 18.1 Å². The summed E-state index contributed by atoms with van der Waals surface area (Å²) in [6.07, 6.45) is 1.06. The van der Waals surface area contributed by atoms with E-state index in [0.717, 1.165) is 6.07 Å². The van der Waals surface area contributed by atoms with Crippen LogP contribution in [0.1, 0.15) is 28.8 Å². The van der Waals surface area contributed by atoms with Gasteiger partial charge in [0.15, 0.2) is 11.6 Å². The van der Waals surface area contributed by atoms with Crippen molar-refractivity contribution < 1.29 is 22.7 Å². The molecule has 1 heterocycles. The van der Waals surface area contributed by atoms with Gasteiger partial charge >= 0.3 is 5.97 Å². The quantitative estimate of drug-likeness (QED) is 0.693. The van der Waals surface area contributed by atoms with Gasteiger partial charge in [0.05, 0.1) is 12.8 Å². The molecule has 0 aliphatic heterocycles. The summed E-state index contributed by atoms with van der Waals surface area (Å²) in [7, 11) is 0. The van der Waals surface area contributed by atoms with Crippen LogP contribution >= 0.6 is 0 Å². The lowest BCUT2D eigenvalue weighted by molar-refractivity contribution is 0.0520. The third kappa shape index (κ3) is 2.98. The molecule has 0 aliphatic carbocycles. The second-order valence-electron chi connectivity index (χ2n) is 4.00. The fourth-order valence-electron chi connectivity index (χ4n) is 1.68. The zero-order chi connectivity index (χ0) is 14.7. The van der Waals surface area contributed by atoms with Crippen LogP contribution in [0.5, 0.6) is 0 Å². The molecule has 0 saturated heterocycles. The molecule has 2 rings (SSSR count). The maximum Gasteiger partial charge on any atom is 0.356 e. The van der Waals surface area contributed by atoms with E-state index in [-0.39, 0.29) is 30.1 Å². The summed E-state index contributed by atoms with van der Waals surface area (Å²) in [5.74, 6) is -3.68. The summed E-state index contributed by atoms with van der Waals surface area (Å²) in [4.78, 5) is 17.9. The Morgan fingerprint density at radius 3 is 2.80 bits per heavy atom. The van der Waals surface area contributed by atoms with Gasteiger partial charge in [0.25, 0.3) is 0 Å². The van der Waals surface area contributed by atoms with Gasteiger partial charge in [0.1, 0.15) is 17.3 Å². The van der Waals surface area contributed by atoms with Gasteiger partial charge < -0.3 is 9.72 Å². The summed E-state index contributed by atoms with van der Waals surface area (Å²) in [5, 5.41) is 0. The SMILES string of the molecule is CCOC(=O)c1cnc(Cc2cc(F)cc(F)c2F)[nH]1. The van der Waals surface area contributed by atoms with Crippen molar-refractivity contribution >= 4 is 5.97 Å². The Bertz CT molecular complexity index is 641. The number of hydrogen-bond acceptors (Lipinski definition) is 3. The lowest BCUT2D eigenvalue weighted by Crippen LogP contribution is -2.05. The molecule has 1 N–H and O–H groups in total. The number of rotatable bonds is 4. The molecule has 1 aromatic heterocycles. The van der Waals surface area contributed by atoms with Crippen LogP contribution in [-0.2, 0) is 11.2 Å². The van der Waals surface area contributed by atoms with Gasteiger partial charge in [-0.05, 0) is 13.0 Å². The van der Waals surface area contributed by atoms with Crippen molar-refractivity contribution in [3.8, 4) is 0 Å². The molecule has 0 fully saturated rings. The maximum absolute atomic E-state index is 13.5. The van der Waals surface area contributed by atoms with Crippen molar-refractivity contribution in [2.45, 2.75) is 13.3 Å². The predicted molar refractivity (Wildman–Crippen MR) is 63.7 cm³/mol. The third-order valence-electron chi connectivity index (χ3n) is 2.55. The van der Waals surface area contributed by atoms with Gasteiger partial charge in [-0.3, -0.25) is 0 Å². The van der Waals surface area contributed by atoms with Gasteiger partial charge in [-0.2, -0.15) is 0 Å². The molecule has 20 heavy (non-hydrogen) atoms. The lowest BCUT2D eigenvalue weighted by Gasteiger charge is -2.02. The standard InChI is InChI=1S/C13H11F3N2O2/c1-2-20-13(19)10-6-17-11(18-10)4-7-3-8(14)5-9(15)12(7)16/h3,5-6H,2,4H2,1H3,(H,17,18). The number of ether oxygens (including phenoxy) is 1. The number of nitrogens with one attached hydrogen (secondary N) is 1. The zero-order valence-electron chi connectivity index (χ0n) is 10.5. The smallest absolute Gasteiger partial charge is 0.356 e. The first-order chi connectivity index (χ1) is 9.51. The molecule has 0 atom stereocenters. The van der Waals surface area contributed by atoms with E-state index in [0.29, 0.717) is 6.07 Å². The number of esters is 1. The van der Waals surface area contributed by atoms with Gasteiger partial charge in [-0.25, -0.2) is 22.9 Å². The van der Waals surface area contributed by atoms with Crippen molar-refractivity contribution in [1.82, 2.24) is 9.97 Å². The number of carbonyl (C=O) groups is 1. The molecule has 0 unspecified atom stereocenters. The number of H-pyrrole nitrogens is 1. The fourth-order valence-corrected chi connectivity index (χ4v) is 1.68. The van der Waals surface area contributed by atoms with Crippen molar-refractivity contribution in [3.05, 3.63) is 52.9 Å². The first kappa shape index (κ1) is 14.1. The van der Waals surface area contributed by atoms with E-state index in [1.807, 2.05) is 0 Å². The highest BCUT2D eigenvalue weighted by Gasteiger charge is 2.15. The molecular weight excluding hydrogens is 273 g/mol. The van der Waals surface area contributed by atoms with E-state index in [1.165, 1.54) is 6.20 Å². The summed E-state index contributed by atoms with van der Waals surface area (Å²) >= 11 is 0. The molecule has 0 saturated carbocycles. The largest absolute Gasteiger partial charge is 0.461 e. The minimum absolute atomic E-state index is 0.0964. The average Bonchev–Trinajstić information content (AvgIpc) is 2.84. The minimum Gasteiger partial charge on any atom is -0.461 e. The monoisotopic (exact) mass is 284 g/mol. The van der Waals surface area contributed by atoms with Crippen molar-refractivity contribution in [1.29, 1.82) is 0 Å². The number of nitrogens with zero attached hydrogens (tertiary/aromatic N) is 1. The van der Waals surface area contributed by atoms with E-state index in [2.05, 4.69) is 9.97 Å². The van der Waals surface area contributed by atoms with Crippen molar-refractivity contribution in [3.63, 3.8) is 0 Å². The second-order valence-corrected chi connectivity index (χ2v) is 4.00. The van der Waals surface area contributed by atoms with Crippen LogP contribution < -0.4 is 0 Å². The van der Waals surface area contributed by atoms with Crippen LogP contribution in [0.2, 0.25) is 0 Å². The highest BCUT2D eigenvalue weighted by molar-refractivity contribution is 5.86. The normalized spacial score (nSPS) is 10.6. The van der Waals surface area contributed by atoms with Crippen LogP contribution in [0, 0.1) is 17.5 Å². The van der Waals surface area contributed by atoms with Gasteiger partial charge in [0.2, 0.25) is 0 Å². The first-order valence-electron chi connectivity index (χ1n) is 5.85. The molecule has 0 aliphatic rings. The average molecular weight is 284 g/mol. The summed E-state index contributed by atoms with van der Waals surface area (Å²) in [5.41, 5.74) is -0.0913. The summed E-state index contributed by atoms with van der Waals surface area (Å²) in [6, 6.07) is 1.34. The molecule has 0 radical (unpaired) electrons. The zero-order valence-corrected chi connectivity index (χ0v) is 10.5. The van der Waals surface area contributed by atoms with Crippen molar-refractivity contribution in [2.75, 3.05) is 6.61 Å². The van der Waals surface area contributed by atoms with Crippen molar-refractivity contribution in [2.24, 2.45) is 0 Å². The number of halogens is 3. The topological polar surface area (TPSA) is 55.0 Å². The minimum atomic E-state index is -1.27. The Morgan fingerprint density at radius 1 is 1.35 bits per heavy atom. The van der Waals surface area contributed by atoms with Crippen LogP contribution in [0.4, 0.5) is 13.2 Å². The van der Waals surface area contributed by atoms with E-state index < -0.39 is 23.4 Å². The van der Waals surface area contributed by atoms with E-state index >= 15 is 0 Å². The van der Waals surface area contributed by atoms with Crippen LogP contribution in [-0.4, -0.2) is 22.5 Å². The summed E-state index contributed by atoms with van der Waals surface area (Å²) < 4.78 is 44.3. The molecule has 0 bridgehead atoms. The van der Waals surface area contributed by atoms with E-state index in [9.17, 15) is 18.0 Å². The predicted octanol–water partition coefficient (Wildman–Crippen LogP) is 2.59. The third-order valence-corrected chi connectivity index (χ3v) is 2.55. The Hall–Kier alpha value is -2.31. The lowest BCUT2D eigenvalue weighted by atomic mass is 10.1. The second kappa shape index (κ2) is 5.77. The van der Waals surface area contributed by atoms with E-state index in [1.54, 1.807) is 6.92 Å². The molecular formula is C13H11F3N2O2. The Kier molecular flexibility index (Phi) is 4.07. The number of aromatic nitrogens is 2. The van der Waals surface area contributed by atoms with Gasteiger partial charge in [-0.1, -0.05) is 0 Å². The first-order valence-corrected chi connectivity index (χ1v) is 5.85. The van der Waals surface area contributed by atoms with E-state index in [4.69, 9.17) is 4.74 Å². The number of imidazole rings is 1. The molecule has 2 aromatic rings. The highest BCUT2D eigenvalue weighted by atomic mass is 19.2. The maximum atomic E-state index is 13.5. The number of carbonyl (C=O) groups excluding carboxylic acids is 1. The summed E-state index contributed by atoms with van der Waals surface area (Å²) in [6.45, 7) is 1.86. The highest BCUT2D eigenvalue weighted by Crippen LogP contribution is 2.17. The number of aromatic amines is 1. The molecule has 106 valence electrons. The Labute approximate surface area is 112 Å². The molecule has 0 amide bonds. The number of benzene rings is 1. The molecule has 1 aromatic carbocycles. The van der Waals surface area contributed by atoms with Crippen LogP contribution in [0.25, 0.3) is 0 Å². The van der Waals surface area contributed by atoms with Crippen LogP contribution in [0.15, 0.2) is 18.3 Å². The number of hydrogen-bond donors (Lipinski definition) is 1. The fraction of sp³-hybridized carbons (Fsp3) is 0.231. The molecule has 0 spiro atoms. The van der Waals surface area contributed by atoms with Crippen LogP contribution in [0.3, 0.4) is 0 Å². The Morgan fingerprint density at radius 2 is 2.10 bits per heavy atom. The molecule has 7 heteroatoms. The molecule has 4 nitrogen and oxygen atoms in total. The van der Waals surface area contributed by atoms with Gasteiger partial charge in [-0.15, -0.1) is 0 Å². The Balaban J connectivity index is 2.21.